The number of rotatable bonds is 7. The molecular weight excluding hydrogens is 495 g/mol. The molecule has 0 atom stereocenters. The number of benzene rings is 1. The zero-order chi connectivity index (χ0) is 26.1. The minimum atomic E-state index is -0.569. The minimum Gasteiger partial charge on any atom is -0.384 e. The quantitative estimate of drug-likeness (QED) is 0.396. The first-order valence-electron chi connectivity index (χ1n) is 11.7. The van der Waals surface area contributed by atoms with Crippen molar-refractivity contribution in [3.05, 3.63) is 65.4 Å². The number of carbonyl (C=O) groups is 2. The Morgan fingerprint density at radius 1 is 1.24 bits per heavy atom. The summed E-state index contributed by atoms with van der Waals surface area (Å²) in [6, 6.07) is 8.13. The van der Waals surface area contributed by atoms with Crippen molar-refractivity contribution in [3.8, 4) is 27.5 Å². The van der Waals surface area contributed by atoms with Crippen LogP contribution >= 0.6 is 11.3 Å². The van der Waals surface area contributed by atoms with E-state index in [-0.39, 0.29) is 29.5 Å². The number of aryl methyl sites for hydroxylation is 1. The van der Waals surface area contributed by atoms with Gasteiger partial charge in [0.25, 0.3) is 5.91 Å². The largest absolute Gasteiger partial charge is 0.384 e. The summed E-state index contributed by atoms with van der Waals surface area (Å²) in [7, 11) is 4.78. The molecule has 190 valence electrons. The highest BCUT2D eigenvalue weighted by atomic mass is 32.1. The third-order valence-electron chi connectivity index (χ3n) is 6.05. The average Bonchev–Trinajstić information content (AvgIpc) is 3.48. The molecule has 0 aliphatic heterocycles. The van der Waals surface area contributed by atoms with Crippen LogP contribution in [0.2, 0.25) is 0 Å². The van der Waals surface area contributed by atoms with Crippen molar-refractivity contribution in [2.45, 2.75) is 19.3 Å². The molecule has 37 heavy (non-hydrogen) atoms. The van der Waals surface area contributed by atoms with Gasteiger partial charge >= 0.3 is 0 Å². The van der Waals surface area contributed by atoms with Gasteiger partial charge in [0.15, 0.2) is 5.13 Å². The Morgan fingerprint density at radius 3 is 2.78 bits per heavy atom. The van der Waals surface area contributed by atoms with E-state index in [1.54, 1.807) is 50.4 Å². The van der Waals surface area contributed by atoms with Crippen LogP contribution in [0.1, 0.15) is 28.0 Å². The fourth-order valence-corrected chi connectivity index (χ4v) is 5.36. The smallest absolute Gasteiger partial charge is 0.253 e. The molecule has 9 nitrogen and oxygen atoms in total. The SMILES string of the molecule is COCCC(=O)Nc1nc2c(s1)-c1c(c(-c3cccnc3)nn1-c1ccc(C(=O)N(C)C)cc1F)CC2. The number of thiazole rings is 1. The van der Waals surface area contributed by atoms with Gasteiger partial charge in [0, 0.05) is 50.3 Å². The van der Waals surface area contributed by atoms with E-state index < -0.39 is 5.82 Å². The van der Waals surface area contributed by atoms with Gasteiger partial charge in [0.2, 0.25) is 5.91 Å². The average molecular weight is 521 g/mol. The predicted octanol–water partition coefficient (Wildman–Crippen LogP) is 3.97. The maximum absolute atomic E-state index is 15.5. The molecule has 4 aromatic rings. The zero-order valence-corrected chi connectivity index (χ0v) is 21.4. The number of nitrogens with one attached hydrogen (secondary N) is 1. The molecule has 11 heteroatoms. The molecule has 3 heterocycles. The molecule has 0 unspecified atom stereocenters. The fourth-order valence-electron chi connectivity index (χ4n) is 4.28. The molecule has 0 saturated heterocycles. The lowest BCUT2D eigenvalue weighted by molar-refractivity contribution is -0.117. The molecule has 1 aromatic carbocycles. The highest BCUT2D eigenvalue weighted by molar-refractivity contribution is 7.19. The topological polar surface area (TPSA) is 102 Å². The second kappa shape index (κ2) is 10.2. The number of hydrogen-bond donors (Lipinski definition) is 1. The lowest BCUT2D eigenvalue weighted by Crippen LogP contribution is -2.22. The van der Waals surface area contributed by atoms with Crippen LogP contribution in [0.25, 0.3) is 27.5 Å². The normalized spacial score (nSPS) is 12.1. The van der Waals surface area contributed by atoms with E-state index >= 15 is 4.39 Å². The van der Waals surface area contributed by atoms with Gasteiger partial charge in [-0.05, 0) is 43.2 Å². The first-order chi connectivity index (χ1) is 17.9. The summed E-state index contributed by atoms with van der Waals surface area (Å²) in [6.07, 6.45) is 4.94. The molecule has 5 rings (SSSR count). The van der Waals surface area contributed by atoms with Gasteiger partial charge in [-0.25, -0.2) is 14.1 Å². The predicted molar refractivity (Wildman–Crippen MR) is 138 cm³/mol. The van der Waals surface area contributed by atoms with Crippen LogP contribution in [-0.4, -0.2) is 64.3 Å². The van der Waals surface area contributed by atoms with Crippen LogP contribution in [0, 0.1) is 5.82 Å². The third kappa shape index (κ3) is 4.75. The summed E-state index contributed by atoms with van der Waals surface area (Å²) in [5, 5.41) is 8.14. The van der Waals surface area contributed by atoms with E-state index in [4.69, 9.17) is 9.84 Å². The van der Waals surface area contributed by atoms with Crippen molar-refractivity contribution in [3.63, 3.8) is 0 Å². The van der Waals surface area contributed by atoms with Crippen molar-refractivity contribution in [2.24, 2.45) is 0 Å². The van der Waals surface area contributed by atoms with Crippen molar-refractivity contribution >= 4 is 28.3 Å². The molecule has 1 aliphatic rings. The van der Waals surface area contributed by atoms with Gasteiger partial charge in [0.1, 0.15) is 11.5 Å². The molecule has 3 aromatic heterocycles. The maximum Gasteiger partial charge on any atom is 0.253 e. The summed E-state index contributed by atoms with van der Waals surface area (Å²) in [6.45, 7) is 0.313. The summed E-state index contributed by atoms with van der Waals surface area (Å²) < 4.78 is 22.0. The Kier molecular flexibility index (Phi) is 6.81. The minimum absolute atomic E-state index is 0.190. The first-order valence-corrected chi connectivity index (χ1v) is 12.5. The number of ether oxygens (including phenoxy) is 1. The lowest BCUT2D eigenvalue weighted by atomic mass is 9.95. The Bertz CT molecular complexity index is 1480. The number of pyridine rings is 1. The van der Waals surface area contributed by atoms with E-state index in [1.165, 1.54) is 22.3 Å². The Balaban J connectivity index is 1.63. The lowest BCUT2D eigenvalue weighted by Gasteiger charge is -2.15. The van der Waals surface area contributed by atoms with E-state index in [9.17, 15) is 9.59 Å². The summed E-state index contributed by atoms with van der Waals surface area (Å²) in [4.78, 5) is 35.7. The Hall–Kier alpha value is -3.96. The standard InChI is InChI=1S/C26H25FN6O3S/c1-32(2)25(35)15-6-9-20(18(27)13-15)33-23-17(22(31-33)16-5-4-11-28-14-16)7-8-19-24(23)37-26(29-19)30-21(34)10-12-36-3/h4-6,9,11,13-14H,7-8,10,12H2,1-3H3,(H,29,30,34). The van der Waals surface area contributed by atoms with Crippen molar-refractivity contribution in [1.29, 1.82) is 0 Å². The van der Waals surface area contributed by atoms with Crippen LogP contribution in [0.5, 0.6) is 0 Å². The van der Waals surface area contributed by atoms with Crippen LogP contribution in [0.4, 0.5) is 9.52 Å². The Morgan fingerprint density at radius 2 is 2.08 bits per heavy atom. The number of carbonyl (C=O) groups excluding carboxylic acids is 2. The first kappa shape index (κ1) is 24.7. The molecule has 0 radical (unpaired) electrons. The number of hydrogen-bond acceptors (Lipinski definition) is 7. The molecule has 1 N–H and O–H groups in total. The molecule has 0 spiro atoms. The van der Waals surface area contributed by atoms with Crippen molar-refractivity contribution in [2.75, 3.05) is 33.1 Å². The molecule has 0 saturated carbocycles. The van der Waals surface area contributed by atoms with Gasteiger partial charge in [-0.15, -0.1) is 0 Å². The van der Waals surface area contributed by atoms with E-state index in [0.717, 1.165) is 27.4 Å². The number of aromatic nitrogens is 4. The molecular formula is C26H25FN6O3S. The number of nitrogens with zero attached hydrogens (tertiary/aromatic N) is 5. The maximum atomic E-state index is 15.5. The fraction of sp³-hybridized carbons (Fsp3) is 0.269. The molecule has 0 fully saturated rings. The summed E-state index contributed by atoms with van der Waals surface area (Å²) >= 11 is 1.33. The van der Waals surface area contributed by atoms with Gasteiger partial charge < -0.3 is 15.0 Å². The van der Waals surface area contributed by atoms with Gasteiger partial charge in [-0.1, -0.05) is 11.3 Å². The summed E-state index contributed by atoms with van der Waals surface area (Å²) in [5.41, 5.74) is 4.49. The van der Waals surface area contributed by atoms with Crippen LogP contribution in [0.15, 0.2) is 42.7 Å². The van der Waals surface area contributed by atoms with Crippen LogP contribution < -0.4 is 5.32 Å². The number of amides is 2. The zero-order valence-electron chi connectivity index (χ0n) is 20.6. The van der Waals surface area contributed by atoms with Crippen LogP contribution in [0.3, 0.4) is 0 Å². The van der Waals surface area contributed by atoms with E-state index in [0.29, 0.717) is 30.3 Å². The van der Waals surface area contributed by atoms with Crippen LogP contribution in [-0.2, 0) is 22.4 Å². The van der Waals surface area contributed by atoms with Gasteiger partial charge in [-0.3, -0.25) is 14.6 Å². The number of halogens is 1. The molecule has 1 aliphatic carbocycles. The highest BCUT2D eigenvalue weighted by Crippen LogP contribution is 2.44. The second-order valence-electron chi connectivity index (χ2n) is 8.78. The molecule has 2 amide bonds. The Labute approximate surface area is 216 Å². The van der Waals surface area contributed by atoms with E-state index in [2.05, 4.69) is 15.3 Å². The third-order valence-corrected chi connectivity index (χ3v) is 7.07. The monoisotopic (exact) mass is 520 g/mol. The second-order valence-corrected chi connectivity index (χ2v) is 9.78. The van der Waals surface area contributed by atoms with Gasteiger partial charge in [0.05, 0.1) is 35.0 Å². The summed E-state index contributed by atoms with van der Waals surface area (Å²) in [5.74, 6) is -1.05. The van der Waals surface area contributed by atoms with Gasteiger partial charge in [-0.2, -0.15) is 5.10 Å². The number of fused-ring (bicyclic) bond motifs is 3. The number of methoxy groups -OCH3 is 1. The highest BCUT2D eigenvalue weighted by Gasteiger charge is 2.31. The van der Waals surface area contributed by atoms with Crippen molar-refractivity contribution in [1.82, 2.24) is 24.6 Å². The number of anilines is 1. The van der Waals surface area contributed by atoms with E-state index in [1.807, 2.05) is 12.1 Å². The molecule has 0 bridgehead atoms. The van der Waals surface area contributed by atoms with Crippen molar-refractivity contribution < 1.29 is 18.7 Å².